The summed E-state index contributed by atoms with van der Waals surface area (Å²) in [7, 11) is 4.67. The summed E-state index contributed by atoms with van der Waals surface area (Å²) >= 11 is 13.2. The number of nitrogens with zero attached hydrogens (tertiary/aromatic N) is 2. The van der Waals surface area contributed by atoms with Gasteiger partial charge in [0.1, 0.15) is 11.5 Å². The molecule has 0 radical (unpaired) electrons. The van der Waals surface area contributed by atoms with Crippen LogP contribution in [0.1, 0.15) is 42.4 Å². The standard InChI is InChI=1S/C37H40Cl2N2O6/c1-44-25-11-8-23(29(38)16-25)20-41-31-7-5-4-6-28(31)37(36(41)43)14-15-40-19-22-10-13-32(34(35(42)46-3)27(22)18-33(37)40)47-21-24-9-12-26(45-2)17-30(24)39/h4-9,11-12,16-17,22,27,32-34H,10,13-15,18-21H2,1-3H3/t22-,27-,32-,33-,34+,37-/m0/s1. The van der Waals surface area contributed by atoms with Gasteiger partial charge in [-0.05, 0) is 91.1 Å². The van der Waals surface area contributed by atoms with Crippen LogP contribution < -0.4 is 14.4 Å². The van der Waals surface area contributed by atoms with E-state index in [0.29, 0.717) is 40.4 Å². The Labute approximate surface area is 285 Å². The molecule has 3 heterocycles. The maximum atomic E-state index is 14.8. The fourth-order valence-corrected chi connectivity index (χ4v) is 9.29. The summed E-state index contributed by atoms with van der Waals surface area (Å²) in [5.41, 5.74) is 2.99. The molecule has 1 saturated carbocycles. The molecular weight excluding hydrogens is 639 g/mol. The summed E-state index contributed by atoms with van der Waals surface area (Å²) in [6.07, 6.45) is 2.84. The highest BCUT2D eigenvalue weighted by Gasteiger charge is 2.63. The Hall–Kier alpha value is -3.30. The van der Waals surface area contributed by atoms with Gasteiger partial charge >= 0.3 is 5.97 Å². The van der Waals surface area contributed by atoms with Gasteiger partial charge in [0.15, 0.2) is 0 Å². The molecule has 8 nitrogen and oxygen atoms in total. The summed E-state index contributed by atoms with van der Waals surface area (Å²) in [5, 5.41) is 1.13. The van der Waals surface area contributed by atoms with Crippen LogP contribution in [-0.4, -0.2) is 63.3 Å². The average molecular weight is 680 g/mol. The molecule has 3 aromatic carbocycles. The molecule has 1 amide bonds. The summed E-state index contributed by atoms with van der Waals surface area (Å²) in [6.45, 7) is 2.34. The van der Waals surface area contributed by atoms with Gasteiger partial charge in [0, 0.05) is 28.3 Å². The smallest absolute Gasteiger partial charge is 0.311 e. The Kier molecular flexibility index (Phi) is 8.89. The maximum absolute atomic E-state index is 14.8. The molecule has 1 spiro atoms. The van der Waals surface area contributed by atoms with Crippen molar-refractivity contribution >= 4 is 40.8 Å². The van der Waals surface area contributed by atoms with E-state index in [4.69, 9.17) is 42.1 Å². The van der Waals surface area contributed by atoms with Gasteiger partial charge in [-0.25, -0.2) is 0 Å². The minimum absolute atomic E-state index is 0.0220. The fraction of sp³-hybridized carbons (Fsp3) is 0.459. The zero-order valence-electron chi connectivity index (χ0n) is 26.9. The first kappa shape index (κ1) is 32.3. The van der Waals surface area contributed by atoms with E-state index in [0.717, 1.165) is 54.7 Å². The van der Waals surface area contributed by atoms with Gasteiger partial charge in [0.25, 0.3) is 0 Å². The van der Waals surface area contributed by atoms with Gasteiger partial charge < -0.3 is 23.8 Å². The van der Waals surface area contributed by atoms with Gasteiger partial charge in [-0.2, -0.15) is 0 Å². The Morgan fingerprint density at radius 3 is 2.32 bits per heavy atom. The van der Waals surface area contributed by atoms with E-state index < -0.39 is 11.3 Å². The molecule has 0 bridgehead atoms. The molecule has 10 heteroatoms. The van der Waals surface area contributed by atoms with Gasteiger partial charge in [0.2, 0.25) is 5.91 Å². The molecule has 0 unspecified atom stereocenters. The molecule has 2 saturated heterocycles. The number of amides is 1. The second kappa shape index (κ2) is 13.0. The molecule has 3 aromatic rings. The highest BCUT2D eigenvalue weighted by Crippen LogP contribution is 2.56. The first-order valence-corrected chi connectivity index (χ1v) is 17.0. The number of halogens is 2. The van der Waals surface area contributed by atoms with Crippen molar-refractivity contribution in [2.75, 3.05) is 39.3 Å². The minimum atomic E-state index is -0.703. The third-order valence-electron chi connectivity index (χ3n) is 11.1. The summed E-state index contributed by atoms with van der Waals surface area (Å²) < 4.78 is 22.5. The lowest BCUT2D eigenvalue weighted by molar-refractivity contribution is -0.165. The molecule has 1 aliphatic carbocycles. The van der Waals surface area contributed by atoms with E-state index in [2.05, 4.69) is 11.0 Å². The summed E-state index contributed by atoms with van der Waals surface area (Å²) in [6, 6.07) is 19.2. The van der Waals surface area contributed by atoms with Crippen LogP contribution in [0.2, 0.25) is 10.0 Å². The molecule has 0 N–H and O–H groups in total. The number of fused-ring (bicyclic) bond motifs is 5. The van der Waals surface area contributed by atoms with Crippen LogP contribution in [0, 0.1) is 17.8 Å². The molecule has 4 aliphatic rings. The van der Waals surface area contributed by atoms with E-state index in [9.17, 15) is 9.59 Å². The average Bonchev–Trinajstić information content (AvgIpc) is 3.58. The van der Waals surface area contributed by atoms with Gasteiger partial charge in [0.05, 0.1) is 51.9 Å². The molecule has 0 aromatic heterocycles. The number of esters is 1. The number of rotatable bonds is 8. The van der Waals surface area contributed by atoms with Crippen LogP contribution in [0.5, 0.6) is 11.5 Å². The minimum Gasteiger partial charge on any atom is -0.497 e. The fourth-order valence-electron chi connectivity index (χ4n) is 8.83. The number of piperidine rings is 1. The topological polar surface area (TPSA) is 77.5 Å². The van der Waals surface area contributed by atoms with E-state index in [1.807, 2.05) is 47.4 Å². The number of methoxy groups -OCH3 is 3. The number of ether oxygens (including phenoxy) is 4. The Morgan fingerprint density at radius 2 is 1.64 bits per heavy atom. The Bertz CT molecular complexity index is 1680. The van der Waals surface area contributed by atoms with Crippen LogP contribution in [0.15, 0.2) is 60.7 Å². The van der Waals surface area contributed by atoms with Gasteiger partial charge in [-0.1, -0.05) is 53.5 Å². The van der Waals surface area contributed by atoms with Gasteiger partial charge in [-0.3, -0.25) is 14.5 Å². The van der Waals surface area contributed by atoms with E-state index in [1.54, 1.807) is 26.4 Å². The van der Waals surface area contributed by atoms with Crippen LogP contribution in [0.25, 0.3) is 0 Å². The van der Waals surface area contributed by atoms with Crippen molar-refractivity contribution in [1.82, 2.24) is 4.90 Å². The molecule has 3 fully saturated rings. The van der Waals surface area contributed by atoms with Crippen LogP contribution >= 0.6 is 23.2 Å². The van der Waals surface area contributed by atoms with Crippen LogP contribution in [-0.2, 0) is 37.6 Å². The maximum Gasteiger partial charge on any atom is 0.311 e. The largest absolute Gasteiger partial charge is 0.497 e. The lowest BCUT2D eigenvalue weighted by atomic mass is 9.62. The lowest BCUT2D eigenvalue weighted by Gasteiger charge is -2.50. The quantitative estimate of drug-likeness (QED) is 0.246. The number of hydrogen-bond donors (Lipinski definition) is 0. The lowest BCUT2D eigenvalue weighted by Crippen LogP contribution is -2.58. The first-order chi connectivity index (χ1) is 22.8. The number of anilines is 1. The Morgan fingerprint density at radius 1 is 0.936 bits per heavy atom. The van der Waals surface area contributed by atoms with Crippen molar-refractivity contribution < 1.29 is 28.5 Å². The summed E-state index contributed by atoms with van der Waals surface area (Å²) in [4.78, 5) is 32.8. The highest BCUT2D eigenvalue weighted by molar-refractivity contribution is 6.31. The molecule has 6 atom stereocenters. The second-order valence-electron chi connectivity index (χ2n) is 13.2. The molecule has 47 heavy (non-hydrogen) atoms. The van der Waals surface area contributed by atoms with Crippen molar-refractivity contribution in [2.24, 2.45) is 17.8 Å². The number of hydrogen-bond acceptors (Lipinski definition) is 7. The van der Waals surface area contributed by atoms with Crippen molar-refractivity contribution in [3.63, 3.8) is 0 Å². The second-order valence-corrected chi connectivity index (χ2v) is 14.0. The highest BCUT2D eigenvalue weighted by atomic mass is 35.5. The summed E-state index contributed by atoms with van der Waals surface area (Å²) in [5.74, 6) is 1.11. The van der Waals surface area contributed by atoms with Crippen molar-refractivity contribution in [2.45, 2.75) is 56.4 Å². The van der Waals surface area contributed by atoms with Crippen LogP contribution in [0.3, 0.4) is 0 Å². The Balaban J connectivity index is 1.17. The monoisotopic (exact) mass is 678 g/mol. The molecular formula is C37H40Cl2N2O6. The third-order valence-corrected chi connectivity index (χ3v) is 11.8. The SMILES string of the molecule is COC(=O)[C@@H]1[C@H]2C[C@@H]3N(CC[C@@]34C(=O)N(Cc3ccc(OC)cc3Cl)c3ccccc34)C[C@@H]2CC[C@@H]1OCc1ccc(OC)cc1Cl. The number of carbonyl (C=O) groups excluding carboxylic acids is 2. The van der Waals surface area contributed by atoms with E-state index in [-0.39, 0.29) is 36.5 Å². The molecule has 3 aliphatic heterocycles. The van der Waals surface area contributed by atoms with Crippen molar-refractivity contribution in [1.29, 1.82) is 0 Å². The predicted octanol–water partition coefficient (Wildman–Crippen LogP) is 6.67. The number of benzene rings is 3. The normalized spacial score (nSPS) is 28.1. The van der Waals surface area contributed by atoms with E-state index >= 15 is 0 Å². The third kappa shape index (κ3) is 5.47. The predicted molar refractivity (Wildman–Crippen MR) is 180 cm³/mol. The number of para-hydroxylation sites is 1. The zero-order valence-corrected chi connectivity index (χ0v) is 28.4. The number of carbonyl (C=O) groups is 2. The molecule has 248 valence electrons. The zero-order chi connectivity index (χ0) is 32.9. The molecule has 7 rings (SSSR count). The van der Waals surface area contributed by atoms with Gasteiger partial charge in [-0.15, -0.1) is 0 Å². The van der Waals surface area contributed by atoms with Crippen molar-refractivity contribution in [3.05, 3.63) is 87.4 Å². The van der Waals surface area contributed by atoms with Crippen LogP contribution in [0.4, 0.5) is 5.69 Å². The van der Waals surface area contributed by atoms with Crippen molar-refractivity contribution in [3.8, 4) is 11.5 Å². The van der Waals surface area contributed by atoms with E-state index in [1.165, 1.54) is 7.11 Å². The first-order valence-electron chi connectivity index (χ1n) is 16.3.